The van der Waals surface area contributed by atoms with Gasteiger partial charge in [0, 0.05) is 6.04 Å². The summed E-state index contributed by atoms with van der Waals surface area (Å²) in [6.07, 6.45) is 6.21. The second-order valence-electron chi connectivity index (χ2n) is 6.60. The van der Waals surface area contributed by atoms with Crippen LogP contribution in [-0.4, -0.2) is 34.3 Å². The van der Waals surface area contributed by atoms with E-state index in [-0.39, 0.29) is 23.9 Å². The summed E-state index contributed by atoms with van der Waals surface area (Å²) in [4.78, 5) is 27.2. The van der Waals surface area contributed by atoms with Gasteiger partial charge in [0.1, 0.15) is 11.6 Å². The molecule has 2 rings (SSSR count). The highest BCUT2D eigenvalue weighted by atomic mass is 16.2. The Labute approximate surface area is 122 Å². The predicted octanol–water partition coefficient (Wildman–Crippen LogP) is 2.47. The van der Waals surface area contributed by atoms with Crippen molar-refractivity contribution in [3.05, 3.63) is 0 Å². The summed E-state index contributed by atoms with van der Waals surface area (Å²) in [6, 6.07) is -0.121. The fourth-order valence-electron chi connectivity index (χ4n) is 3.72. The van der Waals surface area contributed by atoms with Crippen LogP contribution < -0.4 is 5.32 Å². The highest BCUT2D eigenvalue weighted by Gasteiger charge is 2.49. The van der Waals surface area contributed by atoms with Crippen LogP contribution in [0.15, 0.2) is 0 Å². The van der Waals surface area contributed by atoms with E-state index in [1.807, 2.05) is 25.7 Å². The molecular formula is C16H28N2O2. The minimum atomic E-state index is -0.727. The van der Waals surface area contributed by atoms with Gasteiger partial charge in [-0.25, -0.2) is 0 Å². The van der Waals surface area contributed by atoms with Crippen molar-refractivity contribution in [1.29, 1.82) is 0 Å². The van der Waals surface area contributed by atoms with Crippen molar-refractivity contribution < 1.29 is 9.59 Å². The number of piperazine rings is 1. The molecule has 0 radical (unpaired) electrons. The second-order valence-corrected chi connectivity index (χ2v) is 6.60. The monoisotopic (exact) mass is 280 g/mol. The smallest absolute Gasteiger partial charge is 0.248 e. The van der Waals surface area contributed by atoms with Crippen LogP contribution in [0.25, 0.3) is 0 Å². The van der Waals surface area contributed by atoms with Crippen molar-refractivity contribution >= 4 is 11.8 Å². The molecule has 20 heavy (non-hydrogen) atoms. The van der Waals surface area contributed by atoms with E-state index >= 15 is 0 Å². The fourth-order valence-corrected chi connectivity index (χ4v) is 3.72. The van der Waals surface area contributed by atoms with Gasteiger partial charge in [-0.1, -0.05) is 26.7 Å². The Morgan fingerprint density at radius 3 is 2.40 bits per heavy atom. The van der Waals surface area contributed by atoms with Gasteiger partial charge in [-0.3, -0.25) is 9.59 Å². The van der Waals surface area contributed by atoms with Crippen LogP contribution in [0.4, 0.5) is 0 Å². The molecule has 2 amide bonds. The fraction of sp³-hybridized carbons (Fsp3) is 0.875. The number of rotatable bonds is 4. The number of hydrogen-bond donors (Lipinski definition) is 1. The van der Waals surface area contributed by atoms with E-state index in [2.05, 4.69) is 12.2 Å². The van der Waals surface area contributed by atoms with Crippen molar-refractivity contribution in [2.75, 3.05) is 0 Å². The first-order valence-electron chi connectivity index (χ1n) is 8.09. The molecule has 0 aromatic heterocycles. The predicted molar refractivity (Wildman–Crippen MR) is 79.2 cm³/mol. The quantitative estimate of drug-likeness (QED) is 0.860. The molecule has 1 heterocycles. The number of amides is 2. The Morgan fingerprint density at radius 1 is 1.30 bits per heavy atom. The van der Waals surface area contributed by atoms with Gasteiger partial charge >= 0.3 is 0 Å². The van der Waals surface area contributed by atoms with E-state index in [4.69, 9.17) is 0 Å². The van der Waals surface area contributed by atoms with Crippen molar-refractivity contribution in [1.82, 2.24) is 10.2 Å². The van der Waals surface area contributed by atoms with Crippen LogP contribution in [0.5, 0.6) is 0 Å². The van der Waals surface area contributed by atoms with Crippen molar-refractivity contribution in [2.24, 2.45) is 5.92 Å². The first-order chi connectivity index (χ1) is 9.44. The van der Waals surface area contributed by atoms with Gasteiger partial charge in [-0.15, -0.1) is 0 Å². The summed E-state index contributed by atoms with van der Waals surface area (Å²) >= 11 is 0. The molecule has 1 aliphatic heterocycles. The molecule has 2 aliphatic rings. The van der Waals surface area contributed by atoms with Gasteiger partial charge < -0.3 is 10.2 Å². The molecule has 2 fully saturated rings. The van der Waals surface area contributed by atoms with Crippen LogP contribution >= 0.6 is 0 Å². The normalized spacial score (nSPS) is 33.4. The van der Waals surface area contributed by atoms with E-state index in [9.17, 15) is 9.59 Å². The average Bonchev–Trinajstić information content (AvgIpc) is 2.95. The molecule has 114 valence electrons. The SMILES string of the molecule is CCC1C(=O)NC(C)(CC)C(=O)N1C(C)C1CCCC1. The molecular weight excluding hydrogens is 252 g/mol. The number of hydrogen-bond acceptors (Lipinski definition) is 2. The molecule has 0 spiro atoms. The topological polar surface area (TPSA) is 49.4 Å². The maximum Gasteiger partial charge on any atom is 0.248 e. The molecule has 0 aromatic rings. The highest BCUT2D eigenvalue weighted by Crippen LogP contribution is 2.34. The summed E-state index contributed by atoms with van der Waals surface area (Å²) in [5.74, 6) is 0.673. The standard InChI is InChI=1S/C16H28N2O2/c1-5-13-14(19)17-16(4,6-2)15(20)18(13)11(3)12-9-7-8-10-12/h11-13H,5-10H2,1-4H3,(H,17,19). The lowest BCUT2D eigenvalue weighted by Gasteiger charge is -2.48. The third kappa shape index (κ3) is 2.45. The minimum Gasteiger partial charge on any atom is -0.340 e. The highest BCUT2D eigenvalue weighted by molar-refractivity contribution is 5.99. The average molecular weight is 280 g/mol. The number of nitrogens with one attached hydrogen (secondary N) is 1. The van der Waals surface area contributed by atoms with Gasteiger partial charge in [0.15, 0.2) is 0 Å². The van der Waals surface area contributed by atoms with Gasteiger partial charge in [0.05, 0.1) is 0 Å². The molecule has 1 saturated carbocycles. The summed E-state index contributed by atoms with van der Waals surface area (Å²) in [5.41, 5.74) is -0.727. The maximum atomic E-state index is 12.9. The van der Waals surface area contributed by atoms with Gasteiger partial charge in [-0.2, -0.15) is 0 Å². The first kappa shape index (κ1) is 15.3. The van der Waals surface area contributed by atoms with E-state index in [0.29, 0.717) is 18.8 Å². The summed E-state index contributed by atoms with van der Waals surface area (Å²) in [7, 11) is 0. The number of carbonyl (C=O) groups excluding carboxylic acids is 2. The Balaban J connectivity index is 2.28. The maximum absolute atomic E-state index is 12.9. The van der Waals surface area contributed by atoms with E-state index < -0.39 is 5.54 Å². The van der Waals surface area contributed by atoms with E-state index in [0.717, 1.165) is 0 Å². The first-order valence-corrected chi connectivity index (χ1v) is 8.09. The van der Waals surface area contributed by atoms with Crippen LogP contribution in [0.1, 0.15) is 66.2 Å². The minimum absolute atomic E-state index is 0.0151. The Morgan fingerprint density at radius 2 is 1.90 bits per heavy atom. The molecule has 1 aliphatic carbocycles. The van der Waals surface area contributed by atoms with Gasteiger partial charge in [0.2, 0.25) is 11.8 Å². The molecule has 4 nitrogen and oxygen atoms in total. The zero-order chi connectivity index (χ0) is 14.9. The summed E-state index contributed by atoms with van der Waals surface area (Å²) in [6.45, 7) is 7.93. The van der Waals surface area contributed by atoms with Gasteiger partial charge in [-0.05, 0) is 45.4 Å². The number of nitrogens with zero attached hydrogens (tertiary/aromatic N) is 1. The summed E-state index contributed by atoms with van der Waals surface area (Å²) in [5, 5.41) is 2.94. The van der Waals surface area contributed by atoms with Crippen molar-refractivity contribution in [3.8, 4) is 0 Å². The molecule has 4 heteroatoms. The molecule has 0 aromatic carbocycles. The molecule has 1 N–H and O–H groups in total. The Hall–Kier alpha value is -1.06. The van der Waals surface area contributed by atoms with Crippen LogP contribution in [-0.2, 0) is 9.59 Å². The molecule has 3 unspecified atom stereocenters. The van der Waals surface area contributed by atoms with Crippen molar-refractivity contribution in [3.63, 3.8) is 0 Å². The number of carbonyl (C=O) groups is 2. The second kappa shape index (κ2) is 5.74. The van der Waals surface area contributed by atoms with E-state index in [1.165, 1.54) is 25.7 Å². The van der Waals surface area contributed by atoms with Crippen molar-refractivity contribution in [2.45, 2.75) is 83.8 Å². The Kier molecular flexibility index (Phi) is 4.40. The lowest BCUT2D eigenvalue weighted by molar-refractivity contribution is -0.158. The van der Waals surface area contributed by atoms with Crippen LogP contribution in [0.2, 0.25) is 0 Å². The Bertz CT molecular complexity index is 390. The van der Waals surface area contributed by atoms with Gasteiger partial charge in [0.25, 0.3) is 0 Å². The van der Waals surface area contributed by atoms with Crippen LogP contribution in [0.3, 0.4) is 0 Å². The lowest BCUT2D eigenvalue weighted by Crippen LogP contribution is -2.71. The molecule has 3 atom stereocenters. The largest absolute Gasteiger partial charge is 0.340 e. The lowest BCUT2D eigenvalue weighted by atomic mass is 9.87. The molecule has 0 bridgehead atoms. The summed E-state index contributed by atoms with van der Waals surface area (Å²) < 4.78 is 0. The van der Waals surface area contributed by atoms with E-state index in [1.54, 1.807) is 0 Å². The molecule has 1 saturated heterocycles. The zero-order valence-electron chi connectivity index (χ0n) is 13.2. The van der Waals surface area contributed by atoms with Crippen LogP contribution in [0, 0.1) is 5.92 Å². The third-order valence-electron chi connectivity index (χ3n) is 5.36. The third-order valence-corrected chi connectivity index (χ3v) is 5.36. The zero-order valence-corrected chi connectivity index (χ0v) is 13.2.